The molecule has 0 saturated carbocycles. The molecular formula is C14H17BrN4O2. The van der Waals surface area contributed by atoms with Gasteiger partial charge in [-0.25, -0.2) is 0 Å². The molecule has 0 aliphatic carbocycles. The lowest BCUT2D eigenvalue weighted by Gasteiger charge is -2.11. The smallest absolute Gasteiger partial charge is 0.252 e. The molecule has 0 aliphatic heterocycles. The topological polar surface area (TPSA) is 96.2 Å². The number of aromatic nitrogens is 2. The van der Waals surface area contributed by atoms with E-state index >= 15 is 0 Å². The van der Waals surface area contributed by atoms with E-state index in [1.165, 1.54) is 6.07 Å². The number of anilines is 1. The summed E-state index contributed by atoms with van der Waals surface area (Å²) >= 11 is 3.50. The molecule has 21 heavy (non-hydrogen) atoms. The molecule has 4 N–H and O–H groups in total. The molecule has 0 bridgehead atoms. The molecule has 0 unspecified atom stereocenters. The number of benzene rings is 1. The standard InChI is InChI=1S/C14H17BrN4O2/c1-3-19-11(13(15)8(2)18-19)7-21-12-5-4-9(16)6-10(12)14(17)20/h4-6H,3,7,16H2,1-2H3,(H2,17,20). The van der Waals surface area contributed by atoms with Crippen molar-refractivity contribution in [2.75, 3.05) is 5.73 Å². The number of nitrogens with zero attached hydrogens (tertiary/aromatic N) is 2. The highest BCUT2D eigenvalue weighted by Crippen LogP contribution is 2.25. The average Bonchev–Trinajstić information content (AvgIpc) is 2.72. The van der Waals surface area contributed by atoms with Gasteiger partial charge >= 0.3 is 0 Å². The number of nitrogens with two attached hydrogens (primary N) is 2. The van der Waals surface area contributed by atoms with Crippen LogP contribution >= 0.6 is 15.9 Å². The number of carbonyl (C=O) groups is 1. The molecule has 0 spiro atoms. The third kappa shape index (κ3) is 3.18. The molecule has 2 rings (SSSR count). The van der Waals surface area contributed by atoms with Crippen molar-refractivity contribution in [3.05, 3.63) is 39.6 Å². The van der Waals surface area contributed by atoms with Gasteiger partial charge in [0.15, 0.2) is 0 Å². The molecule has 0 fully saturated rings. The Morgan fingerprint density at radius 3 is 2.81 bits per heavy atom. The Morgan fingerprint density at radius 2 is 2.19 bits per heavy atom. The minimum absolute atomic E-state index is 0.269. The van der Waals surface area contributed by atoms with E-state index in [1.54, 1.807) is 12.1 Å². The highest BCUT2D eigenvalue weighted by atomic mass is 79.9. The van der Waals surface area contributed by atoms with Crippen molar-refractivity contribution in [3.8, 4) is 5.75 Å². The van der Waals surface area contributed by atoms with Crippen LogP contribution in [0.3, 0.4) is 0 Å². The van der Waals surface area contributed by atoms with E-state index in [-0.39, 0.29) is 12.2 Å². The second kappa shape index (κ2) is 6.17. The quantitative estimate of drug-likeness (QED) is 0.806. The van der Waals surface area contributed by atoms with Gasteiger partial charge in [0.25, 0.3) is 5.91 Å². The molecule has 6 nitrogen and oxygen atoms in total. The van der Waals surface area contributed by atoms with E-state index < -0.39 is 5.91 Å². The summed E-state index contributed by atoms with van der Waals surface area (Å²) in [6, 6.07) is 4.82. The summed E-state index contributed by atoms with van der Waals surface area (Å²) in [7, 11) is 0. The maximum atomic E-state index is 11.4. The molecule has 1 heterocycles. The number of primary amides is 1. The summed E-state index contributed by atoms with van der Waals surface area (Å²) < 4.78 is 8.48. The summed E-state index contributed by atoms with van der Waals surface area (Å²) in [5.74, 6) is -0.165. The Labute approximate surface area is 131 Å². The van der Waals surface area contributed by atoms with Crippen LogP contribution < -0.4 is 16.2 Å². The zero-order valence-corrected chi connectivity index (χ0v) is 13.5. The minimum atomic E-state index is -0.573. The summed E-state index contributed by atoms with van der Waals surface area (Å²) in [5, 5.41) is 4.39. The van der Waals surface area contributed by atoms with Crippen LogP contribution in [0, 0.1) is 6.92 Å². The molecule has 0 atom stereocenters. The van der Waals surface area contributed by atoms with Gasteiger partial charge < -0.3 is 16.2 Å². The summed E-state index contributed by atoms with van der Waals surface area (Å²) in [6.45, 7) is 4.92. The number of carbonyl (C=O) groups excluding carboxylic acids is 1. The largest absolute Gasteiger partial charge is 0.486 e. The molecule has 112 valence electrons. The third-order valence-corrected chi connectivity index (χ3v) is 4.12. The summed E-state index contributed by atoms with van der Waals surface area (Å²) in [6.07, 6.45) is 0. The Morgan fingerprint density at radius 1 is 1.48 bits per heavy atom. The molecule has 1 aromatic carbocycles. The SMILES string of the molecule is CCn1nc(C)c(Br)c1COc1ccc(N)cc1C(N)=O. The van der Waals surface area contributed by atoms with Crippen LogP contribution in [0.25, 0.3) is 0 Å². The second-order valence-electron chi connectivity index (χ2n) is 4.57. The number of ether oxygens (including phenoxy) is 1. The van der Waals surface area contributed by atoms with E-state index in [0.29, 0.717) is 11.4 Å². The predicted molar refractivity (Wildman–Crippen MR) is 84.0 cm³/mol. The van der Waals surface area contributed by atoms with Crippen LogP contribution in [-0.2, 0) is 13.2 Å². The third-order valence-electron chi connectivity index (χ3n) is 3.09. The van der Waals surface area contributed by atoms with Crippen LogP contribution in [0.15, 0.2) is 22.7 Å². The monoisotopic (exact) mass is 352 g/mol. The Kier molecular flexibility index (Phi) is 4.52. The molecule has 0 aliphatic rings. The Bertz CT molecular complexity index is 682. The van der Waals surface area contributed by atoms with Gasteiger partial charge in [-0.15, -0.1) is 0 Å². The second-order valence-corrected chi connectivity index (χ2v) is 5.36. The normalized spacial score (nSPS) is 10.6. The van der Waals surface area contributed by atoms with Gasteiger partial charge in [0.05, 0.1) is 21.4 Å². The fourth-order valence-electron chi connectivity index (χ4n) is 2.02. The molecule has 7 heteroatoms. The van der Waals surface area contributed by atoms with Gasteiger partial charge in [-0.1, -0.05) is 0 Å². The fourth-order valence-corrected chi connectivity index (χ4v) is 2.42. The van der Waals surface area contributed by atoms with Crippen molar-refractivity contribution in [3.63, 3.8) is 0 Å². The molecule has 2 aromatic rings. The molecule has 1 aromatic heterocycles. The number of halogens is 1. The maximum Gasteiger partial charge on any atom is 0.252 e. The lowest BCUT2D eigenvalue weighted by molar-refractivity contribution is 0.0996. The van der Waals surface area contributed by atoms with Gasteiger partial charge in [-0.3, -0.25) is 9.48 Å². The zero-order valence-electron chi connectivity index (χ0n) is 11.9. The Hall–Kier alpha value is -2.02. The van der Waals surface area contributed by atoms with Crippen LogP contribution in [0.1, 0.15) is 28.7 Å². The van der Waals surface area contributed by atoms with Crippen LogP contribution in [-0.4, -0.2) is 15.7 Å². The van der Waals surface area contributed by atoms with Crippen LogP contribution in [0.2, 0.25) is 0 Å². The van der Waals surface area contributed by atoms with E-state index in [2.05, 4.69) is 21.0 Å². The first-order valence-corrected chi connectivity index (χ1v) is 7.27. The van der Waals surface area contributed by atoms with E-state index in [4.69, 9.17) is 16.2 Å². The van der Waals surface area contributed by atoms with Crippen molar-refractivity contribution >= 4 is 27.5 Å². The molecule has 0 saturated heterocycles. The van der Waals surface area contributed by atoms with Crippen molar-refractivity contribution < 1.29 is 9.53 Å². The summed E-state index contributed by atoms with van der Waals surface area (Å²) in [5.41, 5.74) is 13.5. The van der Waals surface area contributed by atoms with Gasteiger partial charge in [0.1, 0.15) is 12.4 Å². The van der Waals surface area contributed by atoms with Crippen molar-refractivity contribution in [1.29, 1.82) is 0 Å². The van der Waals surface area contributed by atoms with Gasteiger partial charge in [0.2, 0.25) is 0 Å². The minimum Gasteiger partial charge on any atom is -0.486 e. The lowest BCUT2D eigenvalue weighted by Crippen LogP contribution is -2.14. The predicted octanol–water partition coefficient (Wildman–Crippen LogP) is 2.23. The van der Waals surface area contributed by atoms with Crippen molar-refractivity contribution in [2.24, 2.45) is 5.73 Å². The first-order valence-electron chi connectivity index (χ1n) is 6.48. The van der Waals surface area contributed by atoms with Gasteiger partial charge in [0, 0.05) is 12.2 Å². The highest BCUT2D eigenvalue weighted by molar-refractivity contribution is 9.10. The highest BCUT2D eigenvalue weighted by Gasteiger charge is 2.15. The van der Waals surface area contributed by atoms with E-state index in [9.17, 15) is 4.79 Å². The number of hydrogen-bond donors (Lipinski definition) is 2. The fraction of sp³-hybridized carbons (Fsp3) is 0.286. The number of hydrogen-bond acceptors (Lipinski definition) is 4. The zero-order chi connectivity index (χ0) is 15.6. The Balaban J connectivity index is 2.27. The first-order chi connectivity index (χ1) is 9.93. The number of aryl methyl sites for hydroxylation is 2. The first kappa shape index (κ1) is 15.4. The molecular weight excluding hydrogens is 336 g/mol. The maximum absolute atomic E-state index is 11.4. The van der Waals surface area contributed by atoms with E-state index in [0.717, 1.165) is 22.4 Å². The number of amides is 1. The number of nitrogen functional groups attached to an aromatic ring is 1. The van der Waals surface area contributed by atoms with E-state index in [1.807, 2.05) is 18.5 Å². The number of rotatable bonds is 5. The van der Waals surface area contributed by atoms with Gasteiger partial charge in [-0.2, -0.15) is 5.10 Å². The van der Waals surface area contributed by atoms with Gasteiger partial charge in [-0.05, 0) is 48.0 Å². The average molecular weight is 353 g/mol. The van der Waals surface area contributed by atoms with Crippen molar-refractivity contribution in [2.45, 2.75) is 27.0 Å². The summed E-state index contributed by atoms with van der Waals surface area (Å²) in [4.78, 5) is 11.4. The molecule has 0 radical (unpaired) electrons. The lowest BCUT2D eigenvalue weighted by atomic mass is 10.1. The van der Waals surface area contributed by atoms with Crippen LogP contribution in [0.4, 0.5) is 5.69 Å². The van der Waals surface area contributed by atoms with Crippen LogP contribution in [0.5, 0.6) is 5.75 Å². The van der Waals surface area contributed by atoms with Crippen molar-refractivity contribution in [1.82, 2.24) is 9.78 Å². The molecule has 1 amide bonds.